The molecule has 0 spiro atoms. The summed E-state index contributed by atoms with van der Waals surface area (Å²) >= 11 is 1.88. The van der Waals surface area contributed by atoms with Gasteiger partial charge in [0.1, 0.15) is 0 Å². The smallest absolute Gasteiger partial charge is 0.0113 e. The Balaban J connectivity index is 2.19. The van der Waals surface area contributed by atoms with E-state index in [1.807, 2.05) is 11.3 Å². The van der Waals surface area contributed by atoms with E-state index in [2.05, 4.69) is 50.6 Å². The predicted octanol–water partition coefficient (Wildman–Crippen LogP) is 4.10. The Bertz CT molecular complexity index is 271. The average molecular weight is 239 g/mol. The van der Waals surface area contributed by atoms with E-state index in [9.17, 15) is 0 Å². The molecular formula is C14H25NS. The van der Waals surface area contributed by atoms with Crippen LogP contribution in [-0.4, -0.2) is 13.1 Å². The molecule has 1 aromatic rings. The molecule has 1 unspecified atom stereocenters. The van der Waals surface area contributed by atoms with Gasteiger partial charge in [0.2, 0.25) is 0 Å². The van der Waals surface area contributed by atoms with E-state index in [0.29, 0.717) is 11.5 Å². The van der Waals surface area contributed by atoms with Crippen molar-refractivity contribution in [1.29, 1.82) is 0 Å². The minimum Gasteiger partial charge on any atom is -0.316 e. The largest absolute Gasteiger partial charge is 0.316 e. The number of hydrogen-bond acceptors (Lipinski definition) is 2. The molecule has 16 heavy (non-hydrogen) atoms. The van der Waals surface area contributed by atoms with E-state index in [0.717, 1.165) is 0 Å². The van der Waals surface area contributed by atoms with E-state index in [-0.39, 0.29) is 0 Å². The van der Waals surface area contributed by atoms with Crippen molar-refractivity contribution in [2.75, 3.05) is 7.05 Å². The summed E-state index contributed by atoms with van der Waals surface area (Å²) in [6.45, 7) is 6.94. The monoisotopic (exact) mass is 239 g/mol. The van der Waals surface area contributed by atoms with Gasteiger partial charge in [-0.1, -0.05) is 33.3 Å². The molecule has 0 aliphatic rings. The van der Waals surface area contributed by atoms with Gasteiger partial charge in [-0.25, -0.2) is 0 Å². The quantitative estimate of drug-likeness (QED) is 0.737. The van der Waals surface area contributed by atoms with Crippen LogP contribution in [0.4, 0.5) is 0 Å². The third-order valence-electron chi connectivity index (χ3n) is 3.14. The molecule has 1 atom stereocenters. The van der Waals surface area contributed by atoms with E-state index >= 15 is 0 Å². The van der Waals surface area contributed by atoms with Crippen molar-refractivity contribution in [2.24, 2.45) is 5.41 Å². The molecule has 0 saturated carbocycles. The number of rotatable bonds is 6. The maximum atomic E-state index is 3.44. The first kappa shape index (κ1) is 13.7. The summed E-state index contributed by atoms with van der Waals surface area (Å²) in [5.41, 5.74) is 0.373. The zero-order valence-corrected chi connectivity index (χ0v) is 11.9. The Morgan fingerprint density at radius 1 is 1.31 bits per heavy atom. The van der Waals surface area contributed by atoms with Crippen molar-refractivity contribution in [2.45, 2.75) is 52.5 Å². The van der Waals surface area contributed by atoms with Crippen LogP contribution >= 0.6 is 11.3 Å². The van der Waals surface area contributed by atoms with Gasteiger partial charge in [0, 0.05) is 10.9 Å². The van der Waals surface area contributed by atoms with Crippen molar-refractivity contribution in [1.82, 2.24) is 5.32 Å². The number of aryl methyl sites for hydroxylation is 1. The van der Waals surface area contributed by atoms with Crippen LogP contribution in [0, 0.1) is 5.41 Å². The lowest BCUT2D eigenvalue weighted by Crippen LogP contribution is -2.37. The Labute approximate surface area is 104 Å². The fourth-order valence-electron chi connectivity index (χ4n) is 2.11. The van der Waals surface area contributed by atoms with Gasteiger partial charge in [0.25, 0.3) is 0 Å². The summed E-state index contributed by atoms with van der Waals surface area (Å²) in [6, 6.07) is 5.02. The highest BCUT2D eigenvalue weighted by Crippen LogP contribution is 2.23. The minimum absolute atomic E-state index is 0.373. The second kappa shape index (κ2) is 6.41. The van der Waals surface area contributed by atoms with Crippen molar-refractivity contribution >= 4 is 11.3 Å². The van der Waals surface area contributed by atoms with E-state index in [1.54, 1.807) is 0 Å². The van der Waals surface area contributed by atoms with Gasteiger partial charge in [0.05, 0.1) is 0 Å². The first-order chi connectivity index (χ1) is 7.54. The van der Waals surface area contributed by atoms with Gasteiger partial charge in [-0.05, 0) is 43.2 Å². The number of thiophene rings is 1. The van der Waals surface area contributed by atoms with Crippen LogP contribution in [0.5, 0.6) is 0 Å². The molecule has 0 aliphatic carbocycles. The molecule has 0 saturated heterocycles. The van der Waals surface area contributed by atoms with Crippen LogP contribution < -0.4 is 5.32 Å². The first-order valence-corrected chi connectivity index (χ1v) is 7.11. The van der Waals surface area contributed by atoms with Crippen molar-refractivity contribution in [3.63, 3.8) is 0 Å². The van der Waals surface area contributed by atoms with E-state index < -0.39 is 0 Å². The molecular weight excluding hydrogens is 214 g/mol. The zero-order valence-electron chi connectivity index (χ0n) is 11.0. The molecule has 0 amide bonds. The molecule has 1 aromatic heterocycles. The lowest BCUT2D eigenvalue weighted by molar-refractivity contribution is 0.262. The van der Waals surface area contributed by atoms with Crippen LogP contribution in [0.25, 0.3) is 0 Å². The Morgan fingerprint density at radius 2 is 2.06 bits per heavy atom. The molecule has 1 rings (SSSR count). The van der Waals surface area contributed by atoms with Crippen LogP contribution in [0.2, 0.25) is 0 Å². The lowest BCUT2D eigenvalue weighted by Gasteiger charge is -2.30. The molecule has 1 N–H and O–H groups in total. The van der Waals surface area contributed by atoms with Crippen molar-refractivity contribution in [3.8, 4) is 0 Å². The molecule has 92 valence electrons. The van der Waals surface area contributed by atoms with Crippen molar-refractivity contribution < 1.29 is 0 Å². The third-order valence-corrected chi connectivity index (χ3v) is 4.08. The van der Waals surface area contributed by atoms with Crippen LogP contribution in [-0.2, 0) is 6.42 Å². The zero-order chi connectivity index (χ0) is 12.0. The van der Waals surface area contributed by atoms with Gasteiger partial charge in [-0.3, -0.25) is 0 Å². The van der Waals surface area contributed by atoms with Gasteiger partial charge in [-0.2, -0.15) is 0 Å². The molecule has 0 aliphatic heterocycles. The van der Waals surface area contributed by atoms with Gasteiger partial charge < -0.3 is 5.32 Å². The molecule has 0 aromatic carbocycles. The fourth-order valence-corrected chi connectivity index (χ4v) is 2.86. The topological polar surface area (TPSA) is 12.0 Å². The van der Waals surface area contributed by atoms with Gasteiger partial charge >= 0.3 is 0 Å². The molecule has 1 nitrogen and oxygen atoms in total. The second-order valence-corrected chi connectivity index (χ2v) is 6.56. The fraction of sp³-hybridized carbons (Fsp3) is 0.714. The molecule has 0 fully saturated rings. The highest BCUT2D eigenvalue weighted by Gasteiger charge is 2.21. The summed E-state index contributed by atoms with van der Waals surface area (Å²) in [7, 11) is 2.08. The van der Waals surface area contributed by atoms with Crippen molar-refractivity contribution in [3.05, 3.63) is 22.4 Å². The van der Waals surface area contributed by atoms with Crippen LogP contribution in [0.15, 0.2) is 17.5 Å². The number of unbranched alkanes of at least 4 members (excludes halogenated alkanes) is 1. The summed E-state index contributed by atoms with van der Waals surface area (Å²) < 4.78 is 0. The lowest BCUT2D eigenvalue weighted by atomic mass is 9.84. The Morgan fingerprint density at radius 3 is 2.56 bits per heavy atom. The SMILES string of the molecule is CNC(CCCCc1cccs1)C(C)(C)C. The summed E-state index contributed by atoms with van der Waals surface area (Å²) in [6.07, 6.45) is 5.17. The first-order valence-electron chi connectivity index (χ1n) is 6.23. The number of hydrogen-bond donors (Lipinski definition) is 1. The van der Waals surface area contributed by atoms with Gasteiger partial charge in [-0.15, -0.1) is 11.3 Å². The highest BCUT2D eigenvalue weighted by molar-refractivity contribution is 7.09. The Kier molecular flexibility index (Phi) is 5.50. The molecule has 0 bridgehead atoms. The second-order valence-electron chi connectivity index (χ2n) is 5.53. The maximum Gasteiger partial charge on any atom is 0.0113 e. The minimum atomic E-state index is 0.373. The highest BCUT2D eigenvalue weighted by atomic mass is 32.1. The normalized spacial score (nSPS) is 14.0. The standard InChI is InChI=1S/C14H25NS/c1-14(2,3)13(15-4)10-6-5-8-12-9-7-11-16-12/h7,9,11,13,15H,5-6,8,10H2,1-4H3. The summed E-state index contributed by atoms with van der Waals surface area (Å²) in [4.78, 5) is 1.52. The van der Waals surface area contributed by atoms with Gasteiger partial charge in [0.15, 0.2) is 0 Å². The number of nitrogens with one attached hydrogen (secondary N) is 1. The van der Waals surface area contributed by atoms with E-state index in [1.165, 1.54) is 30.6 Å². The Hall–Kier alpha value is -0.340. The molecule has 2 heteroatoms. The van der Waals surface area contributed by atoms with Crippen LogP contribution in [0.3, 0.4) is 0 Å². The van der Waals surface area contributed by atoms with E-state index in [4.69, 9.17) is 0 Å². The average Bonchev–Trinajstić information content (AvgIpc) is 2.68. The maximum absolute atomic E-state index is 3.44. The summed E-state index contributed by atoms with van der Waals surface area (Å²) in [5.74, 6) is 0. The third kappa shape index (κ3) is 4.67. The summed E-state index contributed by atoms with van der Waals surface area (Å²) in [5, 5.41) is 5.61. The van der Waals surface area contributed by atoms with Crippen LogP contribution in [0.1, 0.15) is 44.9 Å². The molecule has 0 radical (unpaired) electrons. The predicted molar refractivity (Wildman–Crippen MR) is 74.2 cm³/mol. The molecule has 1 heterocycles.